The summed E-state index contributed by atoms with van der Waals surface area (Å²) in [6.07, 6.45) is 3.16. The molecule has 0 aromatic heterocycles. The molecule has 1 aromatic rings. The van der Waals surface area contributed by atoms with Crippen LogP contribution < -0.4 is 0 Å². The minimum atomic E-state index is -1.97. The van der Waals surface area contributed by atoms with Crippen molar-refractivity contribution in [3.05, 3.63) is 35.4 Å². The Kier molecular flexibility index (Phi) is 3.75. The molecule has 0 aliphatic carbocycles. The van der Waals surface area contributed by atoms with E-state index in [1.165, 1.54) is 13.0 Å². The van der Waals surface area contributed by atoms with Crippen molar-refractivity contribution < 1.29 is 9.18 Å². The highest BCUT2D eigenvalue weighted by molar-refractivity contribution is 5.37. The summed E-state index contributed by atoms with van der Waals surface area (Å²) in [5.41, 5.74) is 1.46. The third-order valence-corrected chi connectivity index (χ3v) is 2.25. The number of hydrogen-bond donors (Lipinski definition) is 0. The fraction of sp³-hybridized carbons (Fsp3) is 0.417. The van der Waals surface area contributed by atoms with Crippen LogP contribution in [0.25, 0.3) is 0 Å². The molecule has 0 amide bonds. The van der Waals surface area contributed by atoms with Crippen molar-refractivity contribution in [3.63, 3.8) is 0 Å². The summed E-state index contributed by atoms with van der Waals surface area (Å²) in [4.78, 5) is 13.2. The molecule has 15 heavy (non-hydrogen) atoms. The summed E-state index contributed by atoms with van der Waals surface area (Å²) in [6.45, 7) is 3.31. The molecule has 0 aliphatic rings. The number of alkyl halides is 1. The topological polar surface area (TPSA) is 29.4 Å². The first kappa shape index (κ1) is 11.6. The highest BCUT2D eigenvalue weighted by atomic mass is 19.1. The SMILES string of the molecule is CCCc1cccc(C(C)(F)N=C=O)c1. The van der Waals surface area contributed by atoms with E-state index in [0.717, 1.165) is 18.4 Å². The maximum atomic E-state index is 13.8. The van der Waals surface area contributed by atoms with E-state index < -0.39 is 5.79 Å². The van der Waals surface area contributed by atoms with Crippen LogP contribution in [0.2, 0.25) is 0 Å². The van der Waals surface area contributed by atoms with Crippen molar-refractivity contribution in [2.45, 2.75) is 32.5 Å². The zero-order chi connectivity index (χ0) is 11.3. The number of isocyanates is 1. The van der Waals surface area contributed by atoms with Crippen LogP contribution in [0, 0.1) is 0 Å². The van der Waals surface area contributed by atoms with Crippen LogP contribution in [-0.4, -0.2) is 6.08 Å². The van der Waals surface area contributed by atoms with Gasteiger partial charge in [-0.25, -0.2) is 9.18 Å². The molecular formula is C12H14FNO. The lowest BCUT2D eigenvalue weighted by Crippen LogP contribution is -2.11. The van der Waals surface area contributed by atoms with Gasteiger partial charge in [-0.3, -0.25) is 0 Å². The highest BCUT2D eigenvalue weighted by Gasteiger charge is 2.24. The second kappa shape index (κ2) is 4.85. The first-order chi connectivity index (χ1) is 7.10. The Bertz CT molecular complexity index is 381. The molecule has 0 N–H and O–H groups in total. The average molecular weight is 207 g/mol. The van der Waals surface area contributed by atoms with Gasteiger partial charge in [0, 0.05) is 5.56 Å². The van der Waals surface area contributed by atoms with Crippen molar-refractivity contribution in [2.24, 2.45) is 4.99 Å². The summed E-state index contributed by atoms with van der Waals surface area (Å²) in [5.74, 6) is -1.97. The van der Waals surface area contributed by atoms with Crippen LogP contribution in [0.3, 0.4) is 0 Å². The molecule has 0 aliphatic heterocycles. The van der Waals surface area contributed by atoms with E-state index in [9.17, 15) is 9.18 Å². The molecule has 80 valence electrons. The van der Waals surface area contributed by atoms with Gasteiger partial charge in [-0.05, 0) is 18.9 Å². The van der Waals surface area contributed by atoms with E-state index in [-0.39, 0.29) is 0 Å². The minimum Gasteiger partial charge on any atom is -0.212 e. The molecule has 3 heteroatoms. The van der Waals surface area contributed by atoms with E-state index in [2.05, 4.69) is 11.9 Å². The molecule has 0 heterocycles. The van der Waals surface area contributed by atoms with Gasteiger partial charge >= 0.3 is 0 Å². The molecule has 2 nitrogen and oxygen atoms in total. The third kappa shape index (κ3) is 3.00. The molecule has 0 saturated carbocycles. The fourth-order valence-corrected chi connectivity index (χ4v) is 1.45. The number of halogens is 1. The molecule has 1 rings (SSSR count). The van der Waals surface area contributed by atoms with Crippen molar-refractivity contribution in [2.75, 3.05) is 0 Å². The lowest BCUT2D eigenvalue weighted by molar-refractivity contribution is 0.206. The maximum Gasteiger partial charge on any atom is 0.238 e. The summed E-state index contributed by atoms with van der Waals surface area (Å²) in [6, 6.07) is 7.08. The van der Waals surface area contributed by atoms with Gasteiger partial charge < -0.3 is 0 Å². The van der Waals surface area contributed by atoms with E-state index >= 15 is 0 Å². The zero-order valence-corrected chi connectivity index (χ0v) is 8.96. The van der Waals surface area contributed by atoms with Gasteiger partial charge in [0.1, 0.15) is 0 Å². The lowest BCUT2D eigenvalue weighted by atomic mass is 10.0. The quantitative estimate of drug-likeness (QED) is 0.423. The van der Waals surface area contributed by atoms with Crippen molar-refractivity contribution in [3.8, 4) is 0 Å². The van der Waals surface area contributed by atoms with Gasteiger partial charge in [0.05, 0.1) is 0 Å². The Hall–Kier alpha value is -1.47. The molecule has 0 saturated heterocycles. The summed E-state index contributed by atoms with van der Waals surface area (Å²) >= 11 is 0. The zero-order valence-electron chi connectivity index (χ0n) is 8.96. The lowest BCUT2D eigenvalue weighted by Gasteiger charge is -2.14. The van der Waals surface area contributed by atoms with Gasteiger partial charge in [-0.1, -0.05) is 37.6 Å². The standard InChI is InChI=1S/C12H14FNO/c1-3-5-10-6-4-7-11(8-10)12(2,13)14-9-15/h4,6-8H,3,5H2,1-2H3. The van der Waals surface area contributed by atoms with Crippen LogP contribution in [0.4, 0.5) is 4.39 Å². The van der Waals surface area contributed by atoms with Gasteiger partial charge in [0.15, 0.2) is 0 Å². The Balaban J connectivity index is 3.04. The molecule has 0 fully saturated rings. The van der Waals surface area contributed by atoms with E-state index in [0.29, 0.717) is 5.56 Å². The molecule has 1 atom stereocenters. The molecule has 1 aromatic carbocycles. The van der Waals surface area contributed by atoms with Gasteiger partial charge in [-0.15, -0.1) is 0 Å². The number of rotatable bonds is 4. The van der Waals surface area contributed by atoms with Crippen LogP contribution in [0.1, 0.15) is 31.4 Å². The normalized spacial score (nSPS) is 14.1. The average Bonchev–Trinajstić information content (AvgIpc) is 2.19. The van der Waals surface area contributed by atoms with E-state index in [1.807, 2.05) is 6.07 Å². The Morgan fingerprint density at radius 1 is 1.53 bits per heavy atom. The van der Waals surface area contributed by atoms with Gasteiger partial charge in [-0.2, -0.15) is 4.99 Å². The smallest absolute Gasteiger partial charge is 0.212 e. The van der Waals surface area contributed by atoms with Crippen molar-refractivity contribution in [1.82, 2.24) is 0 Å². The third-order valence-electron chi connectivity index (χ3n) is 2.25. The molecule has 0 radical (unpaired) electrons. The molecule has 0 spiro atoms. The van der Waals surface area contributed by atoms with Gasteiger partial charge in [0.2, 0.25) is 11.9 Å². The van der Waals surface area contributed by atoms with Crippen molar-refractivity contribution >= 4 is 6.08 Å². The van der Waals surface area contributed by atoms with Crippen LogP contribution in [-0.2, 0) is 17.0 Å². The summed E-state index contributed by atoms with van der Waals surface area (Å²) in [5, 5.41) is 0. The number of hydrogen-bond acceptors (Lipinski definition) is 2. The van der Waals surface area contributed by atoms with E-state index in [1.54, 1.807) is 18.2 Å². The number of aryl methyl sites for hydroxylation is 1. The fourth-order valence-electron chi connectivity index (χ4n) is 1.45. The minimum absolute atomic E-state index is 0.400. The largest absolute Gasteiger partial charge is 0.238 e. The first-order valence-corrected chi connectivity index (χ1v) is 4.97. The molecule has 1 unspecified atom stereocenters. The summed E-state index contributed by atoms with van der Waals surface area (Å²) < 4.78 is 13.8. The Labute approximate surface area is 88.8 Å². The van der Waals surface area contributed by atoms with Gasteiger partial charge in [0.25, 0.3) is 0 Å². The number of nitrogens with zero attached hydrogens (tertiary/aromatic N) is 1. The number of benzene rings is 1. The number of aliphatic imine (C=N–C) groups is 1. The predicted molar refractivity (Wildman–Crippen MR) is 57.0 cm³/mol. The molecular weight excluding hydrogens is 193 g/mol. The van der Waals surface area contributed by atoms with Crippen LogP contribution in [0.5, 0.6) is 0 Å². The Morgan fingerprint density at radius 2 is 2.27 bits per heavy atom. The molecule has 0 bridgehead atoms. The number of carbonyl (C=O) groups excluding carboxylic acids is 1. The second-order valence-electron chi connectivity index (χ2n) is 3.61. The maximum absolute atomic E-state index is 13.8. The van der Waals surface area contributed by atoms with E-state index in [4.69, 9.17) is 0 Å². The van der Waals surface area contributed by atoms with Crippen LogP contribution in [0.15, 0.2) is 29.3 Å². The first-order valence-electron chi connectivity index (χ1n) is 4.97. The van der Waals surface area contributed by atoms with Crippen molar-refractivity contribution in [1.29, 1.82) is 0 Å². The summed E-state index contributed by atoms with van der Waals surface area (Å²) in [7, 11) is 0. The Morgan fingerprint density at radius 3 is 2.87 bits per heavy atom. The highest BCUT2D eigenvalue weighted by Crippen LogP contribution is 2.27. The predicted octanol–water partition coefficient (Wildman–Crippen LogP) is 3.12. The van der Waals surface area contributed by atoms with Crippen LogP contribution >= 0.6 is 0 Å². The second-order valence-corrected chi connectivity index (χ2v) is 3.61. The monoisotopic (exact) mass is 207 g/mol.